The molecule has 1 nitrogen and oxygen atoms in total. The van der Waals surface area contributed by atoms with Crippen LogP contribution in [0.3, 0.4) is 0 Å². The molecule has 0 amide bonds. The van der Waals surface area contributed by atoms with E-state index >= 15 is 0 Å². The predicted molar refractivity (Wildman–Crippen MR) is 109 cm³/mol. The lowest BCUT2D eigenvalue weighted by Crippen LogP contribution is -2.21. The summed E-state index contributed by atoms with van der Waals surface area (Å²) in [5, 5.41) is 5.21. The van der Waals surface area contributed by atoms with Crippen molar-refractivity contribution in [2.75, 3.05) is 0 Å². The third-order valence-corrected chi connectivity index (χ3v) is 5.73. The molecule has 3 aromatic carbocycles. The van der Waals surface area contributed by atoms with Crippen molar-refractivity contribution >= 4 is 12.2 Å². The maximum atomic E-state index is 4.91. The molecule has 126 valence electrons. The molecule has 2 aliphatic carbocycles. The van der Waals surface area contributed by atoms with Crippen LogP contribution in [0.15, 0.2) is 85.1 Å². The summed E-state index contributed by atoms with van der Waals surface area (Å²) >= 11 is 0. The third kappa shape index (κ3) is 2.09. The van der Waals surface area contributed by atoms with Crippen molar-refractivity contribution in [1.29, 1.82) is 0 Å². The molecular weight excluding hydrogens is 326 g/mol. The van der Waals surface area contributed by atoms with Crippen LogP contribution < -0.4 is 10.4 Å². The largest absolute Gasteiger partial charge is 0.255 e. The van der Waals surface area contributed by atoms with Crippen molar-refractivity contribution in [2.24, 2.45) is 0 Å². The van der Waals surface area contributed by atoms with Gasteiger partial charge in [0, 0.05) is 22.9 Å². The Hall–Kier alpha value is -3.45. The molecule has 0 aliphatic heterocycles. The summed E-state index contributed by atoms with van der Waals surface area (Å²) in [6.45, 7) is 0. The number of pyridine rings is 1. The molecule has 2 aliphatic rings. The maximum Gasteiger partial charge on any atom is 0.0786 e. The van der Waals surface area contributed by atoms with Crippen LogP contribution in [0, 0.1) is 10.4 Å². The van der Waals surface area contributed by atoms with Crippen LogP contribution in [0.1, 0.15) is 22.6 Å². The Morgan fingerprint density at radius 2 is 1.52 bits per heavy atom. The predicted octanol–water partition coefficient (Wildman–Crippen LogP) is 4.10. The number of aromatic nitrogens is 1. The average molecular weight is 343 g/mol. The molecule has 0 saturated carbocycles. The minimum Gasteiger partial charge on any atom is -0.255 e. The fourth-order valence-corrected chi connectivity index (χ4v) is 4.50. The van der Waals surface area contributed by atoms with E-state index < -0.39 is 0 Å². The molecule has 1 heterocycles. The van der Waals surface area contributed by atoms with Gasteiger partial charge in [0.05, 0.1) is 5.69 Å². The normalized spacial score (nSPS) is 15.6. The first-order valence-corrected chi connectivity index (χ1v) is 9.36. The minimum atomic E-state index is 0.228. The SMILES string of the molecule is C1=c2ccccc2=c2c(cnc3c2=Cc2ccccc2-3)C1c1ccccc1. The first kappa shape index (κ1) is 14.7. The average Bonchev–Trinajstić information content (AvgIpc) is 3.12. The Balaban J connectivity index is 1.80. The molecule has 1 heteroatoms. The van der Waals surface area contributed by atoms with Gasteiger partial charge in [-0.3, -0.25) is 4.98 Å². The van der Waals surface area contributed by atoms with Crippen molar-refractivity contribution in [1.82, 2.24) is 4.98 Å². The molecule has 0 fully saturated rings. The minimum absolute atomic E-state index is 0.228. The number of nitrogens with zero attached hydrogens (tertiary/aromatic N) is 1. The first-order chi connectivity index (χ1) is 13.4. The summed E-state index contributed by atoms with van der Waals surface area (Å²) in [7, 11) is 0. The number of fused-ring (bicyclic) bond motifs is 6. The standard InChI is InChI=1S/C26H17N/c1-2-8-17(9-3-1)22-14-18-10-4-6-12-20(18)25-23-15-19-11-5-7-13-21(19)26(23)27-16-24(22)25/h1-16,22H. The van der Waals surface area contributed by atoms with E-state index in [0.717, 1.165) is 5.69 Å². The number of hydrogen-bond acceptors (Lipinski definition) is 1. The fourth-order valence-electron chi connectivity index (χ4n) is 4.50. The van der Waals surface area contributed by atoms with Crippen molar-refractivity contribution in [2.45, 2.75) is 5.92 Å². The van der Waals surface area contributed by atoms with E-state index in [1.54, 1.807) is 0 Å². The second-order valence-corrected chi connectivity index (χ2v) is 7.22. The highest BCUT2D eigenvalue weighted by atomic mass is 14.7. The Morgan fingerprint density at radius 1 is 0.741 bits per heavy atom. The van der Waals surface area contributed by atoms with Crippen LogP contribution in [0.2, 0.25) is 0 Å². The van der Waals surface area contributed by atoms with E-state index in [2.05, 4.69) is 97.2 Å². The number of rotatable bonds is 1. The maximum absolute atomic E-state index is 4.91. The lowest BCUT2D eigenvalue weighted by molar-refractivity contribution is 1.01. The molecule has 0 spiro atoms. The summed E-state index contributed by atoms with van der Waals surface area (Å²) in [4.78, 5) is 4.91. The van der Waals surface area contributed by atoms with E-state index in [4.69, 9.17) is 4.98 Å². The summed E-state index contributed by atoms with van der Waals surface area (Å²) in [6, 6.07) is 28.0. The van der Waals surface area contributed by atoms with Gasteiger partial charge in [0.2, 0.25) is 0 Å². The Morgan fingerprint density at radius 3 is 2.44 bits per heavy atom. The van der Waals surface area contributed by atoms with Crippen molar-refractivity contribution in [3.63, 3.8) is 0 Å². The van der Waals surface area contributed by atoms with E-state index in [9.17, 15) is 0 Å². The van der Waals surface area contributed by atoms with Crippen LogP contribution in [0.5, 0.6) is 0 Å². The highest BCUT2D eigenvalue weighted by Gasteiger charge is 2.21. The zero-order chi connectivity index (χ0) is 17.8. The van der Waals surface area contributed by atoms with Crippen LogP contribution in [-0.2, 0) is 0 Å². The highest BCUT2D eigenvalue weighted by Crippen LogP contribution is 2.31. The van der Waals surface area contributed by atoms with Gasteiger partial charge in [-0.05, 0) is 38.4 Å². The van der Waals surface area contributed by atoms with Crippen LogP contribution in [0.4, 0.5) is 0 Å². The molecule has 4 aromatic rings. The smallest absolute Gasteiger partial charge is 0.0786 e. The van der Waals surface area contributed by atoms with Gasteiger partial charge in [-0.15, -0.1) is 0 Å². The molecule has 1 atom stereocenters. The highest BCUT2D eigenvalue weighted by molar-refractivity contribution is 5.81. The summed E-state index contributed by atoms with van der Waals surface area (Å²) < 4.78 is 0. The Bertz CT molecular complexity index is 1420. The van der Waals surface area contributed by atoms with Crippen LogP contribution in [0.25, 0.3) is 23.4 Å². The van der Waals surface area contributed by atoms with Gasteiger partial charge in [-0.2, -0.15) is 0 Å². The quantitative estimate of drug-likeness (QED) is 0.446. The number of benzene rings is 3. The molecular formula is C26H17N. The summed E-state index contributed by atoms with van der Waals surface area (Å²) in [6.07, 6.45) is 6.78. The van der Waals surface area contributed by atoms with Crippen molar-refractivity contribution in [3.05, 3.63) is 123 Å². The lowest BCUT2D eigenvalue weighted by atomic mass is 9.85. The molecule has 1 unspecified atom stereocenters. The molecule has 1 aromatic heterocycles. The van der Waals surface area contributed by atoms with Crippen molar-refractivity contribution < 1.29 is 0 Å². The van der Waals surface area contributed by atoms with Gasteiger partial charge in [-0.1, -0.05) is 84.9 Å². The number of hydrogen-bond donors (Lipinski definition) is 0. The van der Waals surface area contributed by atoms with Gasteiger partial charge in [-0.25, -0.2) is 0 Å². The van der Waals surface area contributed by atoms with Gasteiger partial charge in [0.1, 0.15) is 0 Å². The monoisotopic (exact) mass is 343 g/mol. The van der Waals surface area contributed by atoms with Crippen LogP contribution in [-0.4, -0.2) is 4.98 Å². The van der Waals surface area contributed by atoms with Gasteiger partial charge >= 0.3 is 0 Å². The van der Waals surface area contributed by atoms with Crippen molar-refractivity contribution in [3.8, 4) is 11.3 Å². The Labute approximate surface area is 157 Å². The summed E-state index contributed by atoms with van der Waals surface area (Å²) in [5.74, 6) is 0.228. The zero-order valence-corrected chi connectivity index (χ0v) is 14.8. The molecule has 27 heavy (non-hydrogen) atoms. The molecule has 0 radical (unpaired) electrons. The Kier molecular flexibility index (Phi) is 3.00. The van der Waals surface area contributed by atoms with E-state index in [1.165, 1.54) is 43.1 Å². The molecule has 0 N–H and O–H groups in total. The molecule has 0 bridgehead atoms. The topological polar surface area (TPSA) is 12.9 Å². The van der Waals surface area contributed by atoms with E-state index in [0.29, 0.717) is 0 Å². The fraction of sp³-hybridized carbons (Fsp3) is 0.0385. The van der Waals surface area contributed by atoms with E-state index in [-0.39, 0.29) is 5.92 Å². The van der Waals surface area contributed by atoms with Gasteiger partial charge < -0.3 is 0 Å². The summed E-state index contributed by atoms with van der Waals surface area (Å²) in [5.41, 5.74) is 6.20. The second kappa shape index (κ2) is 5.52. The van der Waals surface area contributed by atoms with E-state index in [1.807, 2.05) is 0 Å². The van der Waals surface area contributed by atoms with Gasteiger partial charge in [0.25, 0.3) is 0 Å². The first-order valence-electron chi connectivity index (χ1n) is 9.36. The molecule has 6 rings (SSSR count). The third-order valence-electron chi connectivity index (χ3n) is 5.73. The van der Waals surface area contributed by atoms with Crippen LogP contribution >= 0.6 is 0 Å². The van der Waals surface area contributed by atoms with Gasteiger partial charge in [0.15, 0.2) is 0 Å². The molecule has 0 saturated heterocycles. The zero-order valence-electron chi connectivity index (χ0n) is 14.8. The lowest BCUT2D eigenvalue weighted by Gasteiger charge is -2.19. The second-order valence-electron chi connectivity index (χ2n) is 7.22.